The first-order chi connectivity index (χ1) is 10.6. The van der Waals surface area contributed by atoms with Crippen LogP contribution in [0.3, 0.4) is 0 Å². The molecule has 0 radical (unpaired) electrons. The first-order valence-electron chi connectivity index (χ1n) is 7.56. The molecule has 6 nitrogen and oxygen atoms in total. The Morgan fingerprint density at radius 2 is 1.79 bits per heavy atom. The topological polar surface area (TPSA) is 89.7 Å². The molecule has 0 heterocycles. The van der Waals surface area contributed by atoms with E-state index < -0.39 is 15.9 Å². The summed E-state index contributed by atoms with van der Waals surface area (Å²) < 4.78 is 28.3. The fraction of sp³-hybridized carbons (Fsp3) is 0.562. The highest BCUT2D eigenvalue weighted by atomic mass is 35.5. The van der Waals surface area contributed by atoms with Crippen molar-refractivity contribution in [2.45, 2.75) is 31.2 Å². The zero-order valence-corrected chi connectivity index (χ0v) is 16.2. The Morgan fingerprint density at radius 3 is 2.25 bits per heavy atom. The molecular weight excluding hydrogens is 352 g/mol. The van der Waals surface area contributed by atoms with Crippen molar-refractivity contribution >= 4 is 28.2 Å². The van der Waals surface area contributed by atoms with Crippen molar-refractivity contribution in [1.82, 2.24) is 4.90 Å². The number of carbonyl (C=O) groups excluding carboxylic acids is 1. The number of nitrogens with two attached hydrogens (primary N) is 1. The average molecular weight is 379 g/mol. The van der Waals surface area contributed by atoms with Gasteiger partial charge in [-0.3, -0.25) is 4.79 Å². The van der Waals surface area contributed by atoms with Crippen LogP contribution < -0.4 is 10.5 Å². The molecule has 1 aromatic rings. The minimum Gasteiger partial charge on any atom is -0.494 e. The molecule has 138 valence electrons. The van der Waals surface area contributed by atoms with Crippen LogP contribution in [0.5, 0.6) is 5.75 Å². The van der Waals surface area contributed by atoms with Crippen LogP contribution in [0.4, 0.5) is 0 Å². The van der Waals surface area contributed by atoms with Crippen LogP contribution >= 0.6 is 12.4 Å². The molecule has 0 fully saturated rings. The molecule has 1 rings (SSSR count). The van der Waals surface area contributed by atoms with Crippen molar-refractivity contribution in [3.05, 3.63) is 24.3 Å². The van der Waals surface area contributed by atoms with Gasteiger partial charge in [-0.1, -0.05) is 13.8 Å². The summed E-state index contributed by atoms with van der Waals surface area (Å²) >= 11 is 0. The first kappa shape index (κ1) is 22.7. The van der Waals surface area contributed by atoms with Crippen molar-refractivity contribution in [1.29, 1.82) is 0 Å². The number of halogens is 1. The third kappa shape index (κ3) is 7.07. The number of hydrogen-bond acceptors (Lipinski definition) is 5. The zero-order valence-electron chi connectivity index (χ0n) is 14.6. The largest absolute Gasteiger partial charge is 0.494 e. The van der Waals surface area contributed by atoms with E-state index in [0.29, 0.717) is 25.3 Å². The smallest absolute Gasteiger partial charge is 0.239 e. The third-order valence-corrected chi connectivity index (χ3v) is 4.67. The van der Waals surface area contributed by atoms with E-state index in [0.717, 1.165) is 6.26 Å². The first-order valence-corrected chi connectivity index (χ1v) is 9.45. The van der Waals surface area contributed by atoms with E-state index in [2.05, 4.69) is 0 Å². The molecule has 0 unspecified atom stereocenters. The van der Waals surface area contributed by atoms with Crippen LogP contribution in [0.25, 0.3) is 0 Å². The fourth-order valence-electron chi connectivity index (χ4n) is 1.92. The van der Waals surface area contributed by atoms with Gasteiger partial charge in [-0.15, -0.1) is 12.4 Å². The fourth-order valence-corrected chi connectivity index (χ4v) is 2.56. The second-order valence-electron chi connectivity index (χ2n) is 5.98. The van der Waals surface area contributed by atoms with Crippen LogP contribution in [0, 0.1) is 5.92 Å². The maximum atomic E-state index is 12.0. The summed E-state index contributed by atoms with van der Waals surface area (Å²) in [7, 11) is -1.46. The van der Waals surface area contributed by atoms with Gasteiger partial charge in [0.15, 0.2) is 9.84 Å². The third-order valence-electron chi connectivity index (χ3n) is 3.54. The van der Waals surface area contributed by atoms with Gasteiger partial charge in [0, 0.05) is 19.8 Å². The lowest BCUT2D eigenvalue weighted by Crippen LogP contribution is -2.45. The lowest BCUT2D eigenvalue weighted by Gasteiger charge is -2.23. The van der Waals surface area contributed by atoms with E-state index in [-0.39, 0.29) is 29.1 Å². The monoisotopic (exact) mass is 378 g/mol. The van der Waals surface area contributed by atoms with Crippen LogP contribution in [0.2, 0.25) is 0 Å². The lowest BCUT2D eigenvalue weighted by atomic mass is 10.0. The molecule has 2 N–H and O–H groups in total. The maximum absolute atomic E-state index is 12.0. The number of amides is 1. The maximum Gasteiger partial charge on any atom is 0.239 e. The summed E-state index contributed by atoms with van der Waals surface area (Å²) in [5.41, 5.74) is 5.83. The summed E-state index contributed by atoms with van der Waals surface area (Å²) in [4.78, 5) is 13.9. The molecule has 24 heavy (non-hydrogen) atoms. The summed E-state index contributed by atoms with van der Waals surface area (Å²) in [5.74, 6) is 0.636. The molecular formula is C16H27ClN2O4S. The zero-order chi connectivity index (χ0) is 17.6. The van der Waals surface area contributed by atoms with Crippen molar-refractivity contribution < 1.29 is 17.9 Å². The number of sulfone groups is 1. The van der Waals surface area contributed by atoms with Gasteiger partial charge >= 0.3 is 0 Å². The molecule has 0 aliphatic heterocycles. The molecule has 0 spiro atoms. The van der Waals surface area contributed by atoms with Gasteiger partial charge in [0.05, 0.1) is 17.5 Å². The van der Waals surface area contributed by atoms with Gasteiger partial charge in [-0.2, -0.15) is 0 Å². The SMILES string of the molecule is CC(C)[C@H](N)C(=O)N(C)CCCOc1ccc(S(C)(=O)=O)cc1.Cl. The van der Waals surface area contributed by atoms with Crippen molar-refractivity contribution in [2.75, 3.05) is 26.5 Å². The second-order valence-corrected chi connectivity index (χ2v) is 7.99. The highest BCUT2D eigenvalue weighted by Gasteiger charge is 2.20. The van der Waals surface area contributed by atoms with E-state index >= 15 is 0 Å². The quantitative estimate of drug-likeness (QED) is 0.695. The number of ether oxygens (including phenoxy) is 1. The Labute approximate surface area is 150 Å². The number of likely N-dealkylation sites (N-methyl/N-ethyl adjacent to an activating group) is 1. The van der Waals surface area contributed by atoms with Crippen LogP contribution in [0.15, 0.2) is 29.2 Å². The van der Waals surface area contributed by atoms with Crippen LogP contribution in [-0.4, -0.2) is 51.7 Å². The second kappa shape index (κ2) is 9.86. The predicted octanol–water partition coefficient (Wildman–Crippen LogP) is 1.72. The minimum atomic E-state index is -3.19. The Kier molecular flexibility index (Phi) is 9.32. The molecule has 0 saturated carbocycles. The predicted molar refractivity (Wildman–Crippen MR) is 97.4 cm³/mol. The van der Waals surface area contributed by atoms with Crippen molar-refractivity contribution in [2.24, 2.45) is 11.7 Å². The van der Waals surface area contributed by atoms with Crippen molar-refractivity contribution in [3.8, 4) is 5.75 Å². The van der Waals surface area contributed by atoms with E-state index in [1.165, 1.54) is 12.1 Å². The van der Waals surface area contributed by atoms with Crippen LogP contribution in [0.1, 0.15) is 20.3 Å². The number of carbonyl (C=O) groups is 1. The Hall–Kier alpha value is -1.31. The van der Waals surface area contributed by atoms with E-state index in [1.54, 1.807) is 24.1 Å². The number of hydrogen-bond donors (Lipinski definition) is 1. The lowest BCUT2D eigenvalue weighted by molar-refractivity contribution is -0.132. The summed E-state index contributed by atoms with van der Waals surface area (Å²) in [6.07, 6.45) is 1.83. The average Bonchev–Trinajstić information content (AvgIpc) is 2.49. The van der Waals surface area contributed by atoms with Gasteiger partial charge in [0.25, 0.3) is 0 Å². The van der Waals surface area contributed by atoms with Gasteiger partial charge in [0.2, 0.25) is 5.91 Å². The Bertz CT molecular complexity index is 617. The highest BCUT2D eigenvalue weighted by molar-refractivity contribution is 7.90. The number of rotatable bonds is 8. The molecule has 8 heteroatoms. The Balaban J connectivity index is 0.00000529. The molecule has 0 aliphatic rings. The number of benzene rings is 1. The van der Waals surface area contributed by atoms with Gasteiger partial charge < -0.3 is 15.4 Å². The minimum absolute atomic E-state index is 0. The number of nitrogens with zero attached hydrogens (tertiary/aromatic N) is 1. The molecule has 0 bridgehead atoms. The van der Waals surface area contributed by atoms with Crippen molar-refractivity contribution in [3.63, 3.8) is 0 Å². The van der Waals surface area contributed by atoms with E-state index in [4.69, 9.17) is 10.5 Å². The summed E-state index contributed by atoms with van der Waals surface area (Å²) in [6.45, 7) is 4.83. The van der Waals surface area contributed by atoms with Crippen LogP contribution in [-0.2, 0) is 14.6 Å². The molecule has 1 aromatic carbocycles. The highest BCUT2D eigenvalue weighted by Crippen LogP contribution is 2.16. The van der Waals surface area contributed by atoms with Gasteiger partial charge in [-0.05, 0) is 36.6 Å². The van der Waals surface area contributed by atoms with E-state index in [1.807, 2.05) is 13.8 Å². The molecule has 0 saturated heterocycles. The van der Waals surface area contributed by atoms with Gasteiger partial charge in [0.1, 0.15) is 5.75 Å². The standard InChI is InChI=1S/C16H26N2O4S.ClH/c1-12(2)15(17)16(19)18(3)10-5-11-22-13-6-8-14(9-7-13)23(4,20)21;/h6-9,12,15H,5,10-11,17H2,1-4H3;1H/t15-;/m0./s1. The summed E-state index contributed by atoms with van der Waals surface area (Å²) in [6, 6.07) is 5.80. The van der Waals surface area contributed by atoms with E-state index in [9.17, 15) is 13.2 Å². The molecule has 1 atom stereocenters. The molecule has 0 aliphatic carbocycles. The molecule has 0 aromatic heterocycles. The van der Waals surface area contributed by atoms with Gasteiger partial charge in [-0.25, -0.2) is 8.42 Å². The Morgan fingerprint density at radius 1 is 1.25 bits per heavy atom. The summed E-state index contributed by atoms with van der Waals surface area (Å²) in [5, 5.41) is 0. The molecule has 1 amide bonds. The normalized spacial score (nSPS) is 12.4.